The number of anilines is 1. The Labute approximate surface area is 127 Å². The van der Waals surface area contributed by atoms with Crippen LogP contribution in [-0.4, -0.2) is 13.7 Å². The van der Waals surface area contributed by atoms with Crippen LogP contribution in [0.15, 0.2) is 34.1 Å². The Bertz CT molecular complexity index is 577. The van der Waals surface area contributed by atoms with Crippen molar-refractivity contribution in [3.05, 3.63) is 39.0 Å². The minimum absolute atomic E-state index is 0.0138. The summed E-state index contributed by atoms with van der Waals surface area (Å²) in [6, 6.07) is 6.83. The molecule has 0 bridgehead atoms. The van der Waals surface area contributed by atoms with E-state index >= 15 is 0 Å². The summed E-state index contributed by atoms with van der Waals surface area (Å²) in [5.74, 6) is 0.287. The van der Waals surface area contributed by atoms with Crippen molar-refractivity contribution in [1.29, 1.82) is 0 Å². The van der Waals surface area contributed by atoms with Crippen molar-refractivity contribution < 1.29 is 18.3 Å². The van der Waals surface area contributed by atoms with Crippen molar-refractivity contribution in [2.75, 3.05) is 12.4 Å². The van der Waals surface area contributed by atoms with E-state index in [9.17, 15) is 8.78 Å². The SMILES string of the molecule is COc1ccc(NCc2cc(Br)cs2)cc1OC(F)F. The molecule has 0 radical (unpaired) electrons. The first-order valence-corrected chi connectivity index (χ1v) is 7.35. The molecule has 108 valence electrons. The van der Waals surface area contributed by atoms with E-state index in [4.69, 9.17) is 4.74 Å². The normalized spacial score (nSPS) is 10.7. The number of rotatable bonds is 6. The average Bonchev–Trinajstić information content (AvgIpc) is 2.82. The van der Waals surface area contributed by atoms with Crippen molar-refractivity contribution in [2.45, 2.75) is 13.2 Å². The zero-order valence-corrected chi connectivity index (χ0v) is 12.9. The second-order valence-electron chi connectivity index (χ2n) is 3.83. The van der Waals surface area contributed by atoms with Gasteiger partial charge in [-0.1, -0.05) is 0 Å². The van der Waals surface area contributed by atoms with Crippen LogP contribution < -0.4 is 14.8 Å². The van der Waals surface area contributed by atoms with Crippen LogP contribution in [0.4, 0.5) is 14.5 Å². The van der Waals surface area contributed by atoms with Gasteiger partial charge in [0.2, 0.25) is 0 Å². The van der Waals surface area contributed by atoms with Gasteiger partial charge in [0.1, 0.15) is 0 Å². The van der Waals surface area contributed by atoms with Gasteiger partial charge < -0.3 is 14.8 Å². The van der Waals surface area contributed by atoms with Crippen molar-refractivity contribution >= 4 is 33.0 Å². The van der Waals surface area contributed by atoms with Gasteiger partial charge >= 0.3 is 6.61 Å². The predicted molar refractivity (Wildman–Crippen MR) is 79.0 cm³/mol. The summed E-state index contributed by atoms with van der Waals surface area (Å²) in [7, 11) is 1.41. The summed E-state index contributed by atoms with van der Waals surface area (Å²) < 4.78 is 35.1. The summed E-state index contributed by atoms with van der Waals surface area (Å²) >= 11 is 4.98. The Morgan fingerprint density at radius 3 is 2.70 bits per heavy atom. The van der Waals surface area contributed by atoms with Gasteiger partial charge in [-0.25, -0.2) is 0 Å². The highest BCUT2D eigenvalue weighted by molar-refractivity contribution is 9.10. The first kappa shape index (κ1) is 15.1. The van der Waals surface area contributed by atoms with Gasteiger partial charge in [0.25, 0.3) is 0 Å². The monoisotopic (exact) mass is 363 g/mol. The number of methoxy groups -OCH3 is 1. The van der Waals surface area contributed by atoms with Crippen molar-refractivity contribution in [1.82, 2.24) is 0 Å². The fourth-order valence-electron chi connectivity index (χ4n) is 1.61. The molecular weight excluding hydrogens is 352 g/mol. The van der Waals surface area contributed by atoms with Crippen LogP contribution in [0.1, 0.15) is 4.88 Å². The Morgan fingerprint density at radius 1 is 1.30 bits per heavy atom. The van der Waals surface area contributed by atoms with Gasteiger partial charge in [0, 0.05) is 33.0 Å². The maximum absolute atomic E-state index is 12.3. The Morgan fingerprint density at radius 2 is 2.10 bits per heavy atom. The fraction of sp³-hybridized carbons (Fsp3) is 0.231. The van der Waals surface area contributed by atoms with E-state index in [-0.39, 0.29) is 11.5 Å². The molecule has 0 amide bonds. The molecule has 1 aromatic heterocycles. The Kier molecular flexibility index (Phi) is 5.19. The lowest BCUT2D eigenvalue weighted by Gasteiger charge is -2.12. The minimum atomic E-state index is -2.88. The molecule has 0 atom stereocenters. The van der Waals surface area contributed by atoms with E-state index in [1.165, 1.54) is 13.2 Å². The van der Waals surface area contributed by atoms with E-state index in [1.807, 2.05) is 11.4 Å². The third-order valence-corrected chi connectivity index (χ3v) is 4.17. The Balaban J connectivity index is 2.07. The number of alkyl halides is 2. The first-order chi connectivity index (χ1) is 9.58. The summed E-state index contributed by atoms with van der Waals surface area (Å²) in [4.78, 5) is 1.13. The lowest BCUT2D eigenvalue weighted by molar-refractivity contribution is -0.0511. The highest BCUT2D eigenvalue weighted by Crippen LogP contribution is 2.32. The molecule has 0 saturated heterocycles. The average molecular weight is 364 g/mol. The van der Waals surface area contributed by atoms with E-state index in [2.05, 4.69) is 26.0 Å². The van der Waals surface area contributed by atoms with Crippen LogP contribution in [0.25, 0.3) is 0 Å². The molecule has 0 saturated carbocycles. The molecule has 1 aromatic carbocycles. The molecule has 2 aromatic rings. The van der Waals surface area contributed by atoms with Crippen LogP contribution in [0.3, 0.4) is 0 Å². The quantitative estimate of drug-likeness (QED) is 0.804. The summed E-state index contributed by atoms with van der Waals surface area (Å²) in [6.07, 6.45) is 0. The second-order valence-corrected chi connectivity index (χ2v) is 5.74. The Hall–Kier alpha value is -1.34. The number of nitrogens with one attached hydrogen (secondary N) is 1. The van der Waals surface area contributed by atoms with Crippen molar-refractivity contribution in [2.24, 2.45) is 0 Å². The first-order valence-electron chi connectivity index (χ1n) is 5.68. The van der Waals surface area contributed by atoms with Gasteiger partial charge in [0.15, 0.2) is 11.5 Å². The molecule has 0 fully saturated rings. The van der Waals surface area contributed by atoms with E-state index in [1.54, 1.807) is 23.5 Å². The van der Waals surface area contributed by atoms with Crippen LogP contribution in [0, 0.1) is 0 Å². The maximum atomic E-state index is 12.3. The number of halogens is 3. The fourth-order valence-corrected chi connectivity index (χ4v) is 3.00. The molecule has 0 aliphatic carbocycles. The van der Waals surface area contributed by atoms with E-state index in [0.717, 1.165) is 9.35 Å². The highest BCUT2D eigenvalue weighted by atomic mass is 79.9. The van der Waals surface area contributed by atoms with E-state index < -0.39 is 6.61 Å². The molecule has 0 spiro atoms. The minimum Gasteiger partial charge on any atom is -0.493 e. The van der Waals surface area contributed by atoms with Crippen LogP contribution >= 0.6 is 27.3 Å². The number of hydrogen-bond donors (Lipinski definition) is 1. The van der Waals surface area contributed by atoms with Crippen molar-refractivity contribution in [3.63, 3.8) is 0 Å². The number of thiophene rings is 1. The predicted octanol–water partition coefficient (Wildman–Crippen LogP) is 4.73. The molecular formula is C13H12BrF2NO2S. The molecule has 0 aliphatic heterocycles. The number of ether oxygens (including phenoxy) is 2. The summed E-state index contributed by atoms with van der Waals surface area (Å²) in [5.41, 5.74) is 0.686. The lowest BCUT2D eigenvalue weighted by atomic mass is 10.2. The van der Waals surface area contributed by atoms with Crippen LogP contribution in [0.5, 0.6) is 11.5 Å². The molecule has 0 unspecified atom stereocenters. The number of hydrogen-bond acceptors (Lipinski definition) is 4. The largest absolute Gasteiger partial charge is 0.493 e. The molecule has 2 rings (SSSR count). The highest BCUT2D eigenvalue weighted by Gasteiger charge is 2.11. The van der Waals surface area contributed by atoms with E-state index in [0.29, 0.717) is 12.2 Å². The third kappa shape index (κ3) is 4.08. The summed E-state index contributed by atoms with van der Waals surface area (Å²) in [6.45, 7) is -2.27. The molecule has 3 nitrogen and oxygen atoms in total. The summed E-state index contributed by atoms with van der Waals surface area (Å²) in [5, 5.41) is 5.13. The third-order valence-electron chi connectivity index (χ3n) is 2.47. The van der Waals surface area contributed by atoms with Crippen molar-refractivity contribution in [3.8, 4) is 11.5 Å². The molecule has 20 heavy (non-hydrogen) atoms. The van der Waals surface area contributed by atoms with Gasteiger partial charge in [-0.15, -0.1) is 11.3 Å². The van der Waals surface area contributed by atoms with Gasteiger partial charge in [-0.3, -0.25) is 0 Å². The van der Waals surface area contributed by atoms with Gasteiger partial charge in [-0.05, 0) is 34.1 Å². The standard InChI is InChI=1S/C13H12BrF2NO2S/c1-18-11-3-2-9(5-12(11)19-13(15)16)17-6-10-4-8(14)7-20-10/h2-5,7,13,17H,6H2,1H3. The maximum Gasteiger partial charge on any atom is 0.387 e. The lowest BCUT2D eigenvalue weighted by Crippen LogP contribution is -2.04. The zero-order valence-electron chi connectivity index (χ0n) is 10.5. The van der Waals surface area contributed by atoms with Crippen LogP contribution in [-0.2, 0) is 6.54 Å². The molecule has 1 N–H and O–H groups in total. The zero-order chi connectivity index (χ0) is 14.5. The van der Waals surface area contributed by atoms with Gasteiger partial charge in [0.05, 0.1) is 7.11 Å². The number of benzene rings is 1. The smallest absolute Gasteiger partial charge is 0.387 e. The van der Waals surface area contributed by atoms with Crippen LogP contribution in [0.2, 0.25) is 0 Å². The second kappa shape index (κ2) is 6.90. The molecule has 7 heteroatoms. The topological polar surface area (TPSA) is 30.5 Å². The van der Waals surface area contributed by atoms with Gasteiger partial charge in [-0.2, -0.15) is 8.78 Å². The molecule has 1 heterocycles. The molecule has 0 aliphatic rings.